The van der Waals surface area contributed by atoms with Crippen molar-refractivity contribution in [1.29, 1.82) is 0 Å². The number of rotatable bonds is 10. The fourth-order valence-electron chi connectivity index (χ4n) is 3.06. The minimum Gasteiger partial charge on any atom is -0.508 e. The van der Waals surface area contributed by atoms with E-state index >= 15 is 0 Å². The summed E-state index contributed by atoms with van der Waals surface area (Å²) in [5.74, 6) is -1.07. The van der Waals surface area contributed by atoms with E-state index in [0.717, 1.165) is 12.8 Å². The molecule has 9 heteroatoms. The van der Waals surface area contributed by atoms with Crippen molar-refractivity contribution in [3.05, 3.63) is 29.8 Å². The second kappa shape index (κ2) is 12.1. The molecule has 0 aliphatic rings. The van der Waals surface area contributed by atoms with E-state index in [2.05, 4.69) is 10.6 Å². The molecular formula is C22H35N3O6. The maximum absolute atomic E-state index is 13.1. The molecule has 0 heterocycles. The predicted octanol–water partition coefficient (Wildman–Crippen LogP) is 2.08. The van der Waals surface area contributed by atoms with Crippen molar-refractivity contribution in [3.63, 3.8) is 0 Å². The molecule has 1 aromatic carbocycles. The van der Waals surface area contributed by atoms with E-state index in [1.807, 2.05) is 13.8 Å². The van der Waals surface area contributed by atoms with Gasteiger partial charge in [0.15, 0.2) is 0 Å². The van der Waals surface area contributed by atoms with Gasteiger partial charge in [-0.1, -0.05) is 25.5 Å². The van der Waals surface area contributed by atoms with Crippen LogP contribution < -0.4 is 10.6 Å². The Kier molecular flexibility index (Phi) is 10.3. The summed E-state index contributed by atoms with van der Waals surface area (Å²) in [5, 5.41) is 24.7. The molecule has 0 bridgehead atoms. The fourth-order valence-corrected chi connectivity index (χ4v) is 3.06. The molecule has 174 valence electrons. The normalized spacial score (nSPS) is 13.1. The zero-order valence-electron chi connectivity index (χ0n) is 19.0. The molecule has 0 aromatic heterocycles. The van der Waals surface area contributed by atoms with Crippen molar-refractivity contribution >= 4 is 17.9 Å². The van der Waals surface area contributed by atoms with E-state index in [-0.39, 0.29) is 24.9 Å². The Morgan fingerprint density at radius 2 is 1.90 bits per heavy atom. The lowest BCUT2D eigenvalue weighted by Crippen LogP contribution is -2.50. The first-order chi connectivity index (χ1) is 14.5. The standard InChI is InChI=1S/C22H35N3O6/c1-6-8-15(2)24-20(29)19(16-9-7-10-17(27)13-16)25(11-12-26)18(28)14-23-21(30)31-22(3,4)5/h7,9-10,13,15,19,26-27H,6,8,11-12,14H2,1-5H3,(H,23,30)(H,24,29). The lowest BCUT2D eigenvalue weighted by atomic mass is 10.0. The monoisotopic (exact) mass is 437 g/mol. The summed E-state index contributed by atoms with van der Waals surface area (Å²) in [5.41, 5.74) is -0.336. The van der Waals surface area contributed by atoms with Crippen LogP contribution in [0.15, 0.2) is 24.3 Å². The van der Waals surface area contributed by atoms with E-state index in [1.54, 1.807) is 32.9 Å². The Morgan fingerprint density at radius 3 is 2.45 bits per heavy atom. The lowest BCUT2D eigenvalue weighted by Gasteiger charge is -2.32. The van der Waals surface area contributed by atoms with E-state index in [4.69, 9.17) is 4.74 Å². The van der Waals surface area contributed by atoms with Crippen molar-refractivity contribution in [2.24, 2.45) is 0 Å². The zero-order chi connectivity index (χ0) is 23.6. The van der Waals surface area contributed by atoms with Crippen molar-refractivity contribution < 1.29 is 29.3 Å². The Hall–Kier alpha value is -2.81. The lowest BCUT2D eigenvalue weighted by molar-refractivity contribution is -0.141. The van der Waals surface area contributed by atoms with Gasteiger partial charge in [-0.2, -0.15) is 0 Å². The van der Waals surface area contributed by atoms with Crippen LogP contribution in [0.3, 0.4) is 0 Å². The first-order valence-corrected chi connectivity index (χ1v) is 10.4. The Balaban J connectivity index is 3.12. The summed E-state index contributed by atoms with van der Waals surface area (Å²) in [4.78, 5) is 39.1. The highest BCUT2D eigenvalue weighted by Crippen LogP contribution is 2.25. The van der Waals surface area contributed by atoms with Crippen molar-refractivity contribution in [3.8, 4) is 5.75 Å². The number of nitrogens with zero attached hydrogens (tertiary/aromatic N) is 1. The summed E-state index contributed by atoms with van der Waals surface area (Å²) in [6.45, 7) is 8.03. The van der Waals surface area contributed by atoms with E-state index in [1.165, 1.54) is 17.0 Å². The zero-order valence-corrected chi connectivity index (χ0v) is 19.0. The summed E-state index contributed by atoms with van der Waals surface area (Å²) < 4.78 is 5.13. The molecular weight excluding hydrogens is 402 g/mol. The molecule has 1 aromatic rings. The van der Waals surface area contributed by atoms with Gasteiger partial charge < -0.3 is 30.5 Å². The van der Waals surface area contributed by atoms with Gasteiger partial charge in [0.25, 0.3) is 0 Å². The van der Waals surface area contributed by atoms with Crippen molar-refractivity contribution in [1.82, 2.24) is 15.5 Å². The number of nitrogens with one attached hydrogen (secondary N) is 2. The fraction of sp³-hybridized carbons (Fsp3) is 0.591. The van der Waals surface area contributed by atoms with Crippen LogP contribution >= 0.6 is 0 Å². The maximum Gasteiger partial charge on any atom is 0.408 e. The van der Waals surface area contributed by atoms with Crippen LogP contribution in [0.2, 0.25) is 0 Å². The molecule has 0 fully saturated rings. The number of carbonyl (C=O) groups is 3. The minimum absolute atomic E-state index is 0.0554. The van der Waals surface area contributed by atoms with Crippen LogP contribution in [0.1, 0.15) is 59.1 Å². The van der Waals surface area contributed by atoms with Crippen LogP contribution in [0.25, 0.3) is 0 Å². The van der Waals surface area contributed by atoms with E-state index in [0.29, 0.717) is 5.56 Å². The number of alkyl carbamates (subject to hydrolysis) is 1. The van der Waals surface area contributed by atoms with Crippen LogP contribution in [0, 0.1) is 0 Å². The number of hydrogen-bond acceptors (Lipinski definition) is 6. The van der Waals surface area contributed by atoms with Gasteiger partial charge in [-0.3, -0.25) is 9.59 Å². The first-order valence-electron chi connectivity index (χ1n) is 10.4. The van der Waals surface area contributed by atoms with Gasteiger partial charge in [0.2, 0.25) is 11.8 Å². The van der Waals surface area contributed by atoms with Gasteiger partial charge in [0.05, 0.1) is 6.61 Å². The van der Waals surface area contributed by atoms with Crippen LogP contribution in [0.5, 0.6) is 5.75 Å². The molecule has 0 saturated heterocycles. The third-order valence-corrected chi connectivity index (χ3v) is 4.30. The Labute approximate surface area is 183 Å². The van der Waals surface area contributed by atoms with Gasteiger partial charge in [0, 0.05) is 12.6 Å². The van der Waals surface area contributed by atoms with E-state index < -0.39 is 36.1 Å². The Bertz CT molecular complexity index is 747. The summed E-state index contributed by atoms with van der Waals surface area (Å²) in [7, 11) is 0. The highest BCUT2D eigenvalue weighted by molar-refractivity contribution is 5.90. The number of carbonyl (C=O) groups excluding carboxylic acids is 3. The van der Waals surface area contributed by atoms with Crippen molar-refractivity contribution in [2.45, 2.75) is 65.1 Å². The molecule has 4 N–H and O–H groups in total. The molecule has 9 nitrogen and oxygen atoms in total. The summed E-state index contributed by atoms with van der Waals surface area (Å²) in [6.07, 6.45) is 0.865. The number of aromatic hydroxyl groups is 1. The van der Waals surface area contributed by atoms with Crippen LogP contribution in [-0.2, 0) is 14.3 Å². The summed E-state index contributed by atoms with van der Waals surface area (Å²) in [6, 6.07) is 4.83. The third-order valence-electron chi connectivity index (χ3n) is 4.30. The topological polar surface area (TPSA) is 128 Å². The predicted molar refractivity (Wildman–Crippen MR) is 116 cm³/mol. The second-order valence-corrected chi connectivity index (χ2v) is 8.36. The molecule has 0 radical (unpaired) electrons. The average Bonchev–Trinajstić information content (AvgIpc) is 2.64. The van der Waals surface area contributed by atoms with Gasteiger partial charge in [0.1, 0.15) is 23.9 Å². The Morgan fingerprint density at radius 1 is 1.23 bits per heavy atom. The first kappa shape index (κ1) is 26.2. The molecule has 0 saturated carbocycles. The highest BCUT2D eigenvalue weighted by atomic mass is 16.6. The average molecular weight is 438 g/mol. The van der Waals surface area contributed by atoms with Crippen molar-refractivity contribution in [2.75, 3.05) is 19.7 Å². The molecule has 31 heavy (non-hydrogen) atoms. The number of benzene rings is 1. The number of ether oxygens (including phenoxy) is 1. The van der Waals surface area contributed by atoms with Crippen LogP contribution in [-0.4, -0.2) is 64.4 Å². The number of hydrogen-bond donors (Lipinski definition) is 4. The number of aliphatic hydroxyl groups excluding tert-OH is 1. The van der Waals surface area contributed by atoms with Gasteiger partial charge in [-0.25, -0.2) is 4.79 Å². The van der Waals surface area contributed by atoms with E-state index in [9.17, 15) is 24.6 Å². The molecule has 2 unspecified atom stereocenters. The summed E-state index contributed by atoms with van der Waals surface area (Å²) >= 11 is 0. The number of phenols is 1. The molecule has 3 amide bonds. The van der Waals surface area contributed by atoms with Gasteiger partial charge in [-0.05, 0) is 51.8 Å². The van der Waals surface area contributed by atoms with Crippen LogP contribution in [0.4, 0.5) is 4.79 Å². The molecule has 0 aliphatic carbocycles. The largest absolute Gasteiger partial charge is 0.508 e. The molecule has 0 aliphatic heterocycles. The SMILES string of the molecule is CCCC(C)NC(=O)C(c1cccc(O)c1)N(CCO)C(=O)CNC(=O)OC(C)(C)C. The molecule has 2 atom stereocenters. The number of aliphatic hydroxyl groups is 1. The third kappa shape index (κ3) is 9.25. The van der Waals surface area contributed by atoms with Gasteiger partial charge in [-0.15, -0.1) is 0 Å². The number of phenolic OH excluding ortho intramolecular Hbond substituents is 1. The van der Waals surface area contributed by atoms with Gasteiger partial charge >= 0.3 is 6.09 Å². The quantitative estimate of drug-likeness (QED) is 0.444. The smallest absolute Gasteiger partial charge is 0.408 e. The molecule has 0 spiro atoms. The maximum atomic E-state index is 13.1. The minimum atomic E-state index is -1.09. The molecule has 1 rings (SSSR count). The number of amides is 3. The highest BCUT2D eigenvalue weighted by Gasteiger charge is 2.32. The second-order valence-electron chi connectivity index (χ2n) is 8.36.